The molecule has 48 heavy (non-hydrogen) atoms. The second-order valence-electron chi connectivity index (χ2n) is 12.2. The number of anilines is 1. The van der Waals surface area contributed by atoms with E-state index in [2.05, 4.69) is 36.1 Å². The number of hydrogen-bond donors (Lipinski definition) is 0. The fraction of sp³-hybridized carbons (Fsp3) is 0.256. The minimum Gasteiger partial charge on any atom is -0.448 e. The third-order valence-electron chi connectivity index (χ3n) is 8.87. The van der Waals surface area contributed by atoms with E-state index in [1.165, 1.54) is 11.1 Å². The van der Waals surface area contributed by atoms with Crippen molar-refractivity contribution in [3.8, 4) is 0 Å². The Morgan fingerprint density at radius 3 is 1.85 bits per heavy atom. The summed E-state index contributed by atoms with van der Waals surface area (Å²) in [6.45, 7) is 4.63. The average molecular weight is 682 g/mol. The minimum atomic E-state index is -3.87. The Bertz CT molecular complexity index is 1830. The first-order valence-electron chi connectivity index (χ1n) is 16.2. The van der Waals surface area contributed by atoms with E-state index < -0.39 is 10.0 Å². The maximum absolute atomic E-state index is 14.2. The molecule has 0 aliphatic carbocycles. The lowest BCUT2D eigenvalue weighted by atomic mass is 10.0. The van der Waals surface area contributed by atoms with E-state index in [4.69, 9.17) is 4.74 Å². The maximum atomic E-state index is 14.2. The van der Waals surface area contributed by atoms with Gasteiger partial charge in [-0.25, -0.2) is 13.2 Å². The van der Waals surface area contributed by atoms with Crippen molar-refractivity contribution in [1.29, 1.82) is 0 Å². The summed E-state index contributed by atoms with van der Waals surface area (Å²) in [5.41, 5.74) is 3.02. The first-order chi connectivity index (χ1) is 22.9. The number of fused-ring (bicyclic) bond motifs is 1. The van der Waals surface area contributed by atoms with Gasteiger partial charge in [0.1, 0.15) is 6.61 Å². The quantitative estimate of drug-likeness (QED) is 0.142. The van der Waals surface area contributed by atoms with Crippen LogP contribution in [0.1, 0.15) is 30.9 Å². The number of benzene rings is 5. The first kappa shape index (κ1) is 35.0. The van der Waals surface area contributed by atoms with E-state index in [1.807, 2.05) is 97.1 Å². The Kier molecular flexibility index (Phi) is 11.8. The molecule has 0 spiro atoms. The molecule has 0 saturated carbocycles. The molecule has 1 aliphatic rings. The van der Waals surface area contributed by atoms with Crippen LogP contribution in [0.4, 0.5) is 10.5 Å². The van der Waals surface area contributed by atoms with Crippen LogP contribution >= 0.6 is 13.5 Å². The third-order valence-corrected chi connectivity index (χ3v) is 10.7. The van der Waals surface area contributed by atoms with Crippen LogP contribution in [0.2, 0.25) is 0 Å². The van der Waals surface area contributed by atoms with Gasteiger partial charge in [-0.3, -0.25) is 9.21 Å². The Balaban J connectivity index is 0.00000451. The van der Waals surface area contributed by atoms with Crippen molar-refractivity contribution in [2.24, 2.45) is 0 Å². The number of likely N-dealkylation sites (tertiary alicyclic amines) is 1. The van der Waals surface area contributed by atoms with Crippen LogP contribution in [0.5, 0.6) is 0 Å². The SMILES string of the molecule is C[C@@H](COC(=O)N1CCC(N(c2ccccc2)S(=O)(=O)c2ccc3ccccc3c2)CC1)N(Cc1ccccc1)Cc1ccccc1.S. The van der Waals surface area contributed by atoms with Crippen LogP contribution in [0.15, 0.2) is 138 Å². The Morgan fingerprint density at radius 2 is 1.27 bits per heavy atom. The normalized spacial score (nSPS) is 14.3. The van der Waals surface area contributed by atoms with Crippen molar-refractivity contribution in [2.75, 3.05) is 24.0 Å². The summed E-state index contributed by atoms with van der Waals surface area (Å²) in [7, 11) is -3.87. The molecule has 0 radical (unpaired) electrons. The van der Waals surface area contributed by atoms with Gasteiger partial charge in [0.25, 0.3) is 10.0 Å². The molecule has 1 heterocycles. The zero-order chi connectivity index (χ0) is 32.6. The molecule has 0 bridgehead atoms. The highest BCUT2D eigenvalue weighted by Crippen LogP contribution is 2.32. The van der Waals surface area contributed by atoms with Gasteiger partial charge in [-0.2, -0.15) is 13.5 Å². The number of piperidine rings is 1. The lowest BCUT2D eigenvalue weighted by molar-refractivity contribution is 0.0592. The lowest BCUT2D eigenvalue weighted by Gasteiger charge is -2.38. The molecule has 9 heteroatoms. The van der Waals surface area contributed by atoms with E-state index >= 15 is 0 Å². The van der Waals surface area contributed by atoms with Gasteiger partial charge in [0, 0.05) is 38.3 Å². The number of rotatable bonds is 11. The van der Waals surface area contributed by atoms with Crippen molar-refractivity contribution in [1.82, 2.24) is 9.80 Å². The number of ether oxygens (including phenoxy) is 1. The van der Waals surface area contributed by atoms with Gasteiger partial charge in [-0.15, -0.1) is 0 Å². The van der Waals surface area contributed by atoms with Crippen LogP contribution in [-0.2, 0) is 27.8 Å². The van der Waals surface area contributed by atoms with Crippen LogP contribution in [0.25, 0.3) is 10.8 Å². The zero-order valence-corrected chi connectivity index (χ0v) is 29.0. The van der Waals surface area contributed by atoms with E-state index in [0.717, 1.165) is 23.9 Å². The predicted molar refractivity (Wildman–Crippen MR) is 198 cm³/mol. The van der Waals surface area contributed by atoms with Gasteiger partial charge in [0.2, 0.25) is 0 Å². The van der Waals surface area contributed by atoms with E-state index in [1.54, 1.807) is 21.3 Å². The van der Waals surface area contributed by atoms with Crippen LogP contribution in [0.3, 0.4) is 0 Å². The van der Waals surface area contributed by atoms with Gasteiger partial charge in [-0.1, -0.05) is 109 Å². The van der Waals surface area contributed by atoms with E-state index in [-0.39, 0.29) is 43.2 Å². The zero-order valence-electron chi connectivity index (χ0n) is 27.2. The van der Waals surface area contributed by atoms with Crippen molar-refractivity contribution < 1.29 is 17.9 Å². The van der Waals surface area contributed by atoms with E-state index in [9.17, 15) is 13.2 Å². The molecule has 0 unspecified atom stereocenters. The highest BCUT2D eigenvalue weighted by molar-refractivity contribution is 7.92. The van der Waals surface area contributed by atoms with Crippen LogP contribution in [0, 0.1) is 0 Å². The number of hydrogen-bond acceptors (Lipinski definition) is 5. The standard InChI is InChI=1S/C39H41N3O4S.H2S/c1-31(41(28-32-13-5-2-6-14-32)29-33-15-7-3-8-16-33)30-46-39(43)40-25-23-37(24-26-40)42(36-19-9-4-10-20-36)47(44,45)38-22-21-34-17-11-12-18-35(34)27-38;/h2-22,27,31,37H,23-26,28-30H2,1H3;1H2/t31-;/m0./s1. The fourth-order valence-electron chi connectivity index (χ4n) is 6.24. The smallest absolute Gasteiger partial charge is 0.409 e. The van der Waals surface area contributed by atoms with Gasteiger partial charge in [0.15, 0.2) is 0 Å². The number of amides is 1. The molecule has 6 rings (SSSR count). The third kappa shape index (κ3) is 8.39. The Hall–Kier alpha value is -4.31. The number of nitrogens with zero attached hydrogens (tertiary/aromatic N) is 3. The second-order valence-corrected chi connectivity index (χ2v) is 14.0. The molecule has 1 atom stereocenters. The molecule has 0 aromatic heterocycles. The summed E-state index contributed by atoms with van der Waals surface area (Å²) < 4.78 is 35.8. The molecule has 250 valence electrons. The van der Waals surface area contributed by atoms with Crippen LogP contribution in [-0.4, -0.2) is 56.1 Å². The Labute approximate surface area is 291 Å². The number of para-hydroxylation sites is 1. The van der Waals surface area contributed by atoms with Crippen molar-refractivity contribution in [3.05, 3.63) is 145 Å². The largest absolute Gasteiger partial charge is 0.448 e. The molecule has 5 aromatic carbocycles. The first-order valence-corrected chi connectivity index (χ1v) is 17.6. The fourth-order valence-corrected chi connectivity index (χ4v) is 7.98. The van der Waals surface area contributed by atoms with Gasteiger partial charge < -0.3 is 9.64 Å². The maximum Gasteiger partial charge on any atom is 0.409 e. The molecule has 5 aromatic rings. The summed E-state index contributed by atoms with van der Waals surface area (Å²) in [5.74, 6) is 0. The second kappa shape index (κ2) is 16.2. The molecule has 0 N–H and O–H groups in total. The lowest BCUT2D eigenvalue weighted by Crippen LogP contribution is -2.49. The predicted octanol–water partition coefficient (Wildman–Crippen LogP) is 7.84. The monoisotopic (exact) mass is 681 g/mol. The van der Waals surface area contributed by atoms with Crippen LogP contribution < -0.4 is 4.31 Å². The molecule has 7 nitrogen and oxygen atoms in total. The summed E-state index contributed by atoms with van der Waals surface area (Å²) in [6.07, 6.45) is 0.638. The topological polar surface area (TPSA) is 70.2 Å². The van der Waals surface area contributed by atoms with Crippen molar-refractivity contribution >= 4 is 46.1 Å². The molecule has 1 saturated heterocycles. The van der Waals surface area contributed by atoms with Gasteiger partial charge in [0.05, 0.1) is 10.6 Å². The van der Waals surface area contributed by atoms with Gasteiger partial charge in [-0.05, 0) is 65.9 Å². The minimum absolute atomic E-state index is 0. The number of sulfonamides is 1. The molecule has 1 fully saturated rings. The van der Waals surface area contributed by atoms with Crippen molar-refractivity contribution in [3.63, 3.8) is 0 Å². The van der Waals surface area contributed by atoms with E-state index in [0.29, 0.717) is 31.6 Å². The summed E-state index contributed by atoms with van der Waals surface area (Å²) >= 11 is 0. The molecule has 1 aliphatic heterocycles. The Morgan fingerprint density at radius 1 is 0.750 bits per heavy atom. The van der Waals surface area contributed by atoms with Crippen molar-refractivity contribution in [2.45, 2.75) is 49.8 Å². The molecular weight excluding hydrogens is 639 g/mol. The summed E-state index contributed by atoms with van der Waals surface area (Å²) in [4.78, 5) is 17.6. The average Bonchev–Trinajstić information content (AvgIpc) is 3.11. The highest BCUT2D eigenvalue weighted by atomic mass is 32.2. The number of carbonyl (C=O) groups is 1. The van der Waals surface area contributed by atoms with Gasteiger partial charge >= 0.3 is 6.09 Å². The summed E-state index contributed by atoms with van der Waals surface area (Å²) in [5, 5.41) is 1.86. The molecular formula is C39H43N3O4S2. The number of carbonyl (C=O) groups excluding carboxylic acids is 1. The highest BCUT2D eigenvalue weighted by Gasteiger charge is 2.35. The summed E-state index contributed by atoms with van der Waals surface area (Å²) in [6, 6.07) is 42.6. The molecule has 1 amide bonds.